The molecule has 0 bridgehead atoms. The average Bonchev–Trinajstić information content (AvgIpc) is 2.78. The second-order valence-corrected chi connectivity index (χ2v) is 4.70. The van der Waals surface area contributed by atoms with Gasteiger partial charge in [-0.25, -0.2) is 4.98 Å². The van der Waals surface area contributed by atoms with E-state index in [1.165, 1.54) is 11.3 Å². The van der Waals surface area contributed by atoms with Gasteiger partial charge in [-0.05, 0) is 19.1 Å². The summed E-state index contributed by atoms with van der Waals surface area (Å²) in [6, 6.07) is 7.43. The Hall–Kier alpha value is -1.39. The molecule has 3 nitrogen and oxygen atoms in total. The van der Waals surface area contributed by atoms with Crippen molar-refractivity contribution in [1.29, 1.82) is 0 Å². The number of aromatic nitrogens is 1. The summed E-state index contributed by atoms with van der Waals surface area (Å²) in [5, 5.41) is 5.93. The van der Waals surface area contributed by atoms with Crippen LogP contribution in [0.25, 0.3) is 10.6 Å². The molecule has 1 heterocycles. The highest BCUT2D eigenvalue weighted by Gasteiger charge is 2.10. The van der Waals surface area contributed by atoms with Crippen LogP contribution in [0.2, 0.25) is 5.02 Å². The number of carbonyl (C=O) groups is 1. The van der Waals surface area contributed by atoms with Gasteiger partial charge in [-0.15, -0.1) is 11.3 Å². The predicted molar refractivity (Wildman–Crippen MR) is 70.6 cm³/mol. The summed E-state index contributed by atoms with van der Waals surface area (Å²) < 4.78 is 0. The Morgan fingerprint density at radius 3 is 3.06 bits per heavy atom. The van der Waals surface area contributed by atoms with Crippen molar-refractivity contribution in [3.8, 4) is 10.6 Å². The zero-order valence-corrected chi connectivity index (χ0v) is 10.8. The van der Waals surface area contributed by atoms with Crippen LogP contribution in [0.5, 0.6) is 0 Å². The fourth-order valence-electron chi connectivity index (χ4n) is 1.38. The van der Waals surface area contributed by atoms with Crippen LogP contribution in [0.4, 0.5) is 0 Å². The van der Waals surface area contributed by atoms with E-state index in [0.717, 1.165) is 10.6 Å². The largest absolute Gasteiger partial charge is 0.351 e. The number of amides is 1. The van der Waals surface area contributed by atoms with Gasteiger partial charge in [-0.1, -0.05) is 23.7 Å². The highest BCUT2D eigenvalue weighted by Crippen LogP contribution is 2.25. The van der Waals surface area contributed by atoms with Gasteiger partial charge >= 0.3 is 0 Å². The number of rotatable bonds is 3. The average molecular weight is 267 g/mol. The molecule has 0 atom stereocenters. The van der Waals surface area contributed by atoms with Crippen molar-refractivity contribution in [2.45, 2.75) is 6.92 Å². The summed E-state index contributed by atoms with van der Waals surface area (Å²) in [4.78, 5) is 15.9. The van der Waals surface area contributed by atoms with E-state index in [0.29, 0.717) is 17.3 Å². The van der Waals surface area contributed by atoms with E-state index in [-0.39, 0.29) is 5.91 Å². The molecule has 0 aliphatic rings. The molecule has 0 saturated heterocycles. The first kappa shape index (κ1) is 12.1. The first-order valence-electron chi connectivity index (χ1n) is 5.20. The molecule has 0 aliphatic carbocycles. The van der Waals surface area contributed by atoms with Crippen molar-refractivity contribution in [3.63, 3.8) is 0 Å². The smallest absolute Gasteiger partial charge is 0.270 e. The van der Waals surface area contributed by atoms with Gasteiger partial charge < -0.3 is 5.32 Å². The SMILES string of the molecule is CCNC(=O)c1csc(-c2cccc(Cl)c2)n1. The lowest BCUT2D eigenvalue weighted by Crippen LogP contribution is -2.22. The summed E-state index contributed by atoms with van der Waals surface area (Å²) in [6.45, 7) is 2.48. The van der Waals surface area contributed by atoms with Crippen LogP contribution in [-0.2, 0) is 0 Å². The number of benzene rings is 1. The van der Waals surface area contributed by atoms with E-state index in [4.69, 9.17) is 11.6 Å². The Morgan fingerprint density at radius 1 is 1.53 bits per heavy atom. The Morgan fingerprint density at radius 2 is 2.35 bits per heavy atom. The van der Waals surface area contributed by atoms with Crippen LogP contribution >= 0.6 is 22.9 Å². The third-order valence-corrected chi connectivity index (χ3v) is 3.27. The molecule has 0 fully saturated rings. The lowest BCUT2D eigenvalue weighted by Gasteiger charge is -1.97. The molecule has 1 aromatic heterocycles. The first-order chi connectivity index (χ1) is 8.20. The highest BCUT2D eigenvalue weighted by molar-refractivity contribution is 7.13. The first-order valence-corrected chi connectivity index (χ1v) is 6.46. The number of hydrogen-bond acceptors (Lipinski definition) is 3. The maximum Gasteiger partial charge on any atom is 0.270 e. The molecule has 2 aromatic rings. The number of nitrogens with zero attached hydrogens (tertiary/aromatic N) is 1. The summed E-state index contributed by atoms with van der Waals surface area (Å²) in [7, 11) is 0. The van der Waals surface area contributed by atoms with E-state index in [9.17, 15) is 4.79 Å². The van der Waals surface area contributed by atoms with Gasteiger partial charge in [0.1, 0.15) is 10.7 Å². The Kier molecular flexibility index (Phi) is 3.76. The number of carbonyl (C=O) groups excluding carboxylic acids is 1. The monoisotopic (exact) mass is 266 g/mol. The third-order valence-electron chi connectivity index (χ3n) is 2.15. The van der Waals surface area contributed by atoms with Crippen molar-refractivity contribution in [1.82, 2.24) is 10.3 Å². The molecule has 2 rings (SSSR count). The number of thiazole rings is 1. The predicted octanol–water partition coefficient (Wildman–Crippen LogP) is 3.21. The Balaban J connectivity index is 2.27. The summed E-state index contributed by atoms with van der Waals surface area (Å²) >= 11 is 7.35. The third kappa shape index (κ3) is 2.84. The molecule has 1 amide bonds. The van der Waals surface area contributed by atoms with Crippen LogP contribution < -0.4 is 5.32 Å². The quantitative estimate of drug-likeness (QED) is 0.927. The number of nitrogens with one attached hydrogen (secondary N) is 1. The number of halogens is 1. The molecule has 0 saturated carbocycles. The number of hydrogen-bond donors (Lipinski definition) is 1. The normalized spacial score (nSPS) is 10.2. The molecule has 1 aromatic carbocycles. The van der Waals surface area contributed by atoms with E-state index in [1.807, 2.05) is 31.2 Å². The zero-order valence-electron chi connectivity index (χ0n) is 9.24. The Bertz CT molecular complexity index is 539. The van der Waals surface area contributed by atoms with Crippen molar-refractivity contribution >= 4 is 28.8 Å². The van der Waals surface area contributed by atoms with E-state index in [1.54, 1.807) is 5.38 Å². The van der Waals surface area contributed by atoms with E-state index in [2.05, 4.69) is 10.3 Å². The molecule has 5 heteroatoms. The highest BCUT2D eigenvalue weighted by atomic mass is 35.5. The minimum atomic E-state index is -0.142. The molecule has 0 aliphatic heterocycles. The van der Waals surface area contributed by atoms with Gasteiger partial charge in [0.05, 0.1) is 0 Å². The molecule has 17 heavy (non-hydrogen) atoms. The van der Waals surface area contributed by atoms with Crippen molar-refractivity contribution < 1.29 is 4.79 Å². The van der Waals surface area contributed by atoms with Crippen molar-refractivity contribution in [2.24, 2.45) is 0 Å². The molecule has 0 spiro atoms. The van der Waals surface area contributed by atoms with Crippen LogP contribution in [-0.4, -0.2) is 17.4 Å². The molecular formula is C12H11ClN2OS. The Labute approximate surface area is 108 Å². The molecular weight excluding hydrogens is 256 g/mol. The van der Waals surface area contributed by atoms with Gasteiger partial charge in [0.25, 0.3) is 5.91 Å². The lowest BCUT2D eigenvalue weighted by atomic mass is 10.2. The van der Waals surface area contributed by atoms with Crippen LogP contribution in [0.3, 0.4) is 0 Å². The van der Waals surface area contributed by atoms with E-state index < -0.39 is 0 Å². The minimum absolute atomic E-state index is 0.142. The van der Waals surface area contributed by atoms with E-state index >= 15 is 0 Å². The van der Waals surface area contributed by atoms with Crippen molar-refractivity contribution in [3.05, 3.63) is 40.4 Å². The van der Waals surface area contributed by atoms with Crippen LogP contribution in [0.15, 0.2) is 29.6 Å². The van der Waals surface area contributed by atoms with Gasteiger partial charge in [-0.2, -0.15) is 0 Å². The zero-order chi connectivity index (χ0) is 12.3. The fraction of sp³-hybridized carbons (Fsp3) is 0.167. The molecule has 88 valence electrons. The van der Waals surface area contributed by atoms with Gasteiger partial charge in [0.15, 0.2) is 0 Å². The van der Waals surface area contributed by atoms with Crippen LogP contribution in [0.1, 0.15) is 17.4 Å². The summed E-state index contributed by atoms with van der Waals surface area (Å²) in [6.07, 6.45) is 0. The second-order valence-electron chi connectivity index (χ2n) is 3.41. The maximum atomic E-state index is 11.6. The fourth-order valence-corrected chi connectivity index (χ4v) is 2.37. The summed E-state index contributed by atoms with van der Waals surface area (Å²) in [5.74, 6) is -0.142. The topological polar surface area (TPSA) is 42.0 Å². The lowest BCUT2D eigenvalue weighted by molar-refractivity contribution is 0.0951. The molecule has 0 radical (unpaired) electrons. The summed E-state index contributed by atoms with van der Waals surface area (Å²) in [5.41, 5.74) is 1.38. The second kappa shape index (κ2) is 5.29. The molecule has 1 N–H and O–H groups in total. The van der Waals surface area contributed by atoms with Gasteiger partial charge in [0, 0.05) is 22.5 Å². The standard InChI is InChI=1S/C12H11ClN2OS/c1-2-14-11(16)10-7-17-12(15-10)8-4-3-5-9(13)6-8/h3-7H,2H2,1H3,(H,14,16). The van der Waals surface area contributed by atoms with Gasteiger partial charge in [0.2, 0.25) is 0 Å². The minimum Gasteiger partial charge on any atom is -0.351 e. The van der Waals surface area contributed by atoms with Gasteiger partial charge in [-0.3, -0.25) is 4.79 Å². The maximum absolute atomic E-state index is 11.6. The molecule has 0 unspecified atom stereocenters. The van der Waals surface area contributed by atoms with Crippen molar-refractivity contribution in [2.75, 3.05) is 6.54 Å². The van der Waals surface area contributed by atoms with Crippen LogP contribution in [0, 0.1) is 0 Å².